The Morgan fingerprint density at radius 1 is 1.08 bits per heavy atom. The average Bonchev–Trinajstić information content (AvgIpc) is 2.77. The molecule has 6 nitrogen and oxygen atoms in total. The van der Waals surface area contributed by atoms with Gasteiger partial charge in [-0.15, -0.1) is 0 Å². The number of carbonyl (C=O) groups is 2. The molecule has 0 aliphatic carbocycles. The van der Waals surface area contributed by atoms with Crippen LogP contribution in [0.25, 0.3) is 0 Å². The summed E-state index contributed by atoms with van der Waals surface area (Å²) in [5.74, 6) is -1.24. The molecule has 0 radical (unpaired) electrons. The Bertz CT molecular complexity index is 982. The predicted octanol–water partition coefficient (Wildman–Crippen LogP) is 2.48. The van der Waals surface area contributed by atoms with Crippen LogP contribution in [-0.4, -0.2) is 30.6 Å². The molecule has 2 aromatic rings. The van der Waals surface area contributed by atoms with Crippen molar-refractivity contribution < 1.29 is 18.0 Å². The monoisotopic (exact) mass is 358 g/mol. The SMILES string of the molecule is Cc1ccc(NC(=O)[C@@H](C)N2C(=O)c3ccccc3S2(=O)=O)cc1C. The van der Waals surface area contributed by atoms with Crippen LogP contribution in [0.15, 0.2) is 47.4 Å². The van der Waals surface area contributed by atoms with Gasteiger partial charge in [-0.1, -0.05) is 18.2 Å². The number of nitrogens with one attached hydrogen (secondary N) is 1. The largest absolute Gasteiger partial charge is 0.324 e. The van der Waals surface area contributed by atoms with Crippen LogP contribution in [0.1, 0.15) is 28.4 Å². The van der Waals surface area contributed by atoms with E-state index in [1.165, 1.54) is 19.1 Å². The average molecular weight is 358 g/mol. The Hall–Kier alpha value is -2.67. The molecule has 7 heteroatoms. The number of sulfonamides is 1. The molecule has 25 heavy (non-hydrogen) atoms. The Morgan fingerprint density at radius 3 is 2.40 bits per heavy atom. The Morgan fingerprint density at radius 2 is 1.76 bits per heavy atom. The number of rotatable bonds is 3. The van der Waals surface area contributed by atoms with Crippen molar-refractivity contribution >= 4 is 27.5 Å². The van der Waals surface area contributed by atoms with E-state index < -0.39 is 27.9 Å². The van der Waals surface area contributed by atoms with E-state index in [9.17, 15) is 18.0 Å². The predicted molar refractivity (Wildman–Crippen MR) is 93.8 cm³/mol. The van der Waals surface area contributed by atoms with Gasteiger partial charge < -0.3 is 5.32 Å². The molecular weight excluding hydrogens is 340 g/mol. The summed E-state index contributed by atoms with van der Waals surface area (Å²) in [6.45, 7) is 5.27. The van der Waals surface area contributed by atoms with Gasteiger partial charge in [-0.3, -0.25) is 9.59 Å². The molecule has 0 fully saturated rings. The van der Waals surface area contributed by atoms with Gasteiger partial charge in [0.15, 0.2) is 0 Å². The number of anilines is 1. The van der Waals surface area contributed by atoms with Crippen LogP contribution in [0, 0.1) is 13.8 Å². The number of carbonyl (C=O) groups excluding carboxylic acids is 2. The molecule has 1 aliphatic rings. The summed E-state index contributed by atoms with van der Waals surface area (Å²) >= 11 is 0. The van der Waals surface area contributed by atoms with E-state index in [1.54, 1.807) is 24.3 Å². The highest BCUT2D eigenvalue weighted by Crippen LogP contribution is 2.31. The van der Waals surface area contributed by atoms with Crippen LogP contribution in [0.5, 0.6) is 0 Å². The molecule has 2 aromatic carbocycles. The first-order valence-corrected chi connectivity index (χ1v) is 9.23. The molecule has 1 N–H and O–H groups in total. The number of nitrogens with zero attached hydrogens (tertiary/aromatic N) is 1. The van der Waals surface area contributed by atoms with Crippen LogP contribution in [0.4, 0.5) is 5.69 Å². The van der Waals surface area contributed by atoms with Crippen molar-refractivity contribution in [3.8, 4) is 0 Å². The van der Waals surface area contributed by atoms with Gasteiger partial charge in [-0.2, -0.15) is 0 Å². The van der Waals surface area contributed by atoms with Gasteiger partial charge in [-0.25, -0.2) is 12.7 Å². The lowest BCUT2D eigenvalue weighted by Crippen LogP contribution is -2.45. The molecule has 130 valence electrons. The highest BCUT2D eigenvalue weighted by atomic mass is 32.2. The highest BCUT2D eigenvalue weighted by Gasteiger charge is 2.45. The zero-order chi connectivity index (χ0) is 18.4. The van der Waals surface area contributed by atoms with Crippen molar-refractivity contribution in [2.45, 2.75) is 31.7 Å². The molecular formula is C18H18N2O4S. The van der Waals surface area contributed by atoms with Crippen LogP contribution in [0.3, 0.4) is 0 Å². The Labute approximate surface area is 146 Å². The quantitative estimate of drug-likeness (QED) is 0.914. The third-order valence-corrected chi connectivity index (χ3v) is 6.27. The summed E-state index contributed by atoms with van der Waals surface area (Å²) < 4.78 is 25.9. The number of aryl methyl sites for hydroxylation is 2. The molecule has 0 aromatic heterocycles. The van der Waals surface area contributed by atoms with Crippen molar-refractivity contribution in [3.05, 3.63) is 59.2 Å². The van der Waals surface area contributed by atoms with Crippen LogP contribution < -0.4 is 5.32 Å². The molecule has 0 saturated heterocycles. The third-order valence-electron chi connectivity index (χ3n) is 4.36. The zero-order valence-electron chi connectivity index (χ0n) is 14.1. The summed E-state index contributed by atoms with van der Waals surface area (Å²) in [5, 5.41) is 2.67. The number of hydrogen-bond donors (Lipinski definition) is 1. The second-order valence-corrected chi connectivity index (χ2v) is 7.85. The number of amides is 2. The van der Waals surface area contributed by atoms with Crippen molar-refractivity contribution in [1.82, 2.24) is 4.31 Å². The molecule has 2 amide bonds. The lowest BCUT2D eigenvalue weighted by Gasteiger charge is -2.22. The fourth-order valence-electron chi connectivity index (χ4n) is 2.76. The minimum atomic E-state index is -4.02. The van der Waals surface area contributed by atoms with E-state index in [0.29, 0.717) is 9.99 Å². The topological polar surface area (TPSA) is 83.6 Å². The van der Waals surface area contributed by atoms with Gasteiger partial charge in [0.1, 0.15) is 10.9 Å². The smallest absolute Gasteiger partial charge is 0.269 e. The maximum Gasteiger partial charge on any atom is 0.269 e. The molecule has 0 unspecified atom stereocenters. The summed E-state index contributed by atoms with van der Waals surface area (Å²) in [5.41, 5.74) is 2.73. The number of fused-ring (bicyclic) bond motifs is 1. The first kappa shape index (κ1) is 17.2. The summed E-state index contributed by atoms with van der Waals surface area (Å²) in [6.07, 6.45) is 0. The van der Waals surface area contributed by atoms with Gasteiger partial charge in [0.25, 0.3) is 15.9 Å². The summed E-state index contributed by atoms with van der Waals surface area (Å²) in [7, 11) is -4.02. The molecule has 0 bridgehead atoms. The van der Waals surface area contributed by atoms with Crippen molar-refractivity contribution in [3.63, 3.8) is 0 Å². The lowest BCUT2D eigenvalue weighted by molar-refractivity contribution is -0.118. The van der Waals surface area contributed by atoms with Crippen LogP contribution in [-0.2, 0) is 14.8 Å². The first-order valence-electron chi connectivity index (χ1n) is 7.79. The summed E-state index contributed by atoms with van der Waals surface area (Å²) in [4.78, 5) is 24.9. The molecule has 1 atom stereocenters. The van der Waals surface area contributed by atoms with Crippen LogP contribution >= 0.6 is 0 Å². The molecule has 1 aliphatic heterocycles. The molecule has 0 spiro atoms. The second-order valence-electron chi connectivity index (χ2n) is 6.07. The number of hydrogen-bond acceptors (Lipinski definition) is 4. The van der Waals surface area contributed by atoms with Gasteiger partial charge in [0.05, 0.1) is 5.56 Å². The molecule has 1 heterocycles. The fourth-order valence-corrected chi connectivity index (χ4v) is 4.48. The zero-order valence-corrected chi connectivity index (χ0v) is 14.9. The first-order chi connectivity index (χ1) is 11.7. The third kappa shape index (κ3) is 2.80. The van der Waals surface area contributed by atoms with Crippen molar-refractivity contribution in [2.75, 3.05) is 5.32 Å². The van der Waals surface area contributed by atoms with Gasteiger partial charge in [-0.05, 0) is 56.2 Å². The van der Waals surface area contributed by atoms with E-state index in [-0.39, 0.29) is 10.5 Å². The highest BCUT2D eigenvalue weighted by molar-refractivity contribution is 7.90. The van der Waals surface area contributed by atoms with Crippen molar-refractivity contribution in [2.24, 2.45) is 0 Å². The van der Waals surface area contributed by atoms with Crippen molar-refractivity contribution in [1.29, 1.82) is 0 Å². The van der Waals surface area contributed by atoms with E-state index >= 15 is 0 Å². The maximum absolute atomic E-state index is 12.6. The maximum atomic E-state index is 12.6. The normalized spacial score (nSPS) is 16.4. The summed E-state index contributed by atoms with van der Waals surface area (Å²) in [6, 6.07) is 10.2. The standard InChI is InChI=1S/C18H18N2O4S/c1-11-8-9-14(10-12(11)2)19-17(21)13(3)20-18(22)15-6-4-5-7-16(15)25(20,23)24/h4-10,13H,1-3H3,(H,19,21)/t13-/m1/s1. The van der Waals surface area contributed by atoms with E-state index in [2.05, 4.69) is 5.32 Å². The Balaban J connectivity index is 1.88. The van der Waals surface area contributed by atoms with Crippen LogP contribution in [0.2, 0.25) is 0 Å². The second kappa shape index (κ2) is 6.00. The molecule has 3 rings (SSSR count). The van der Waals surface area contributed by atoms with E-state index in [4.69, 9.17) is 0 Å². The minimum absolute atomic E-state index is 0.0640. The fraction of sp³-hybridized carbons (Fsp3) is 0.222. The molecule has 0 saturated carbocycles. The van der Waals surface area contributed by atoms with E-state index in [0.717, 1.165) is 11.1 Å². The van der Waals surface area contributed by atoms with E-state index in [1.807, 2.05) is 19.9 Å². The lowest BCUT2D eigenvalue weighted by atomic mass is 10.1. The van der Waals surface area contributed by atoms with Gasteiger partial charge in [0.2, 0.25) is 5.91 Å². The number of benzene rings is 2. The van der Waals surface area contributed by atoms with Gasteiger partial charge in [0, 0.05) is 5.69 Å². The Kier molecular flexibility index (Phi) is 4.12. The minimum Gasteiger partial charge on any atom is -0.324 e. The van der Waals surface area contributed by atoms with Gasteiger partial charge >= 0.3 is 0 Å².